The maximum atomic E-state index is 12.9. The molecule has 0 aromatic heterocycles. The third-order valence-electron chi connectivity index (χ3n) is 5.88. The van der Waals surface area contributed by atoms with E-state index in [0.717, 1.165) is 17.7 Å². The fraction of sp³-hybridized carbons (Fsp3) is 0.320. The van der Waals surface area contributed by atoms with Crippen LogP contribution in [-0.2, 0) is 35.3 Å². The van der Waals surface area contributed by atoms with Gasteiger partial charge in [0.2, 0.25) is 11.8 Å². The zero-order chi connectivity index (χ0) is 28.7. The van der Waals surface area contributed by atoms with Crippen LogP contribution >= 0.6 is 0 Å². The third-order valence-corrected chi connectivity index (χ3v) is 5.88. The average molecular weight is 542 g/mol. The zero-order valence-electron chi connectivity index (χ0n) is 21.1. The Balaban J connectivity index is 1.55. The van der Waals surface area contributed by atoms with Crippen LogP contribution in [0, 0.1) is 10.1 Å². The molecule has 14 heteroatoms. The zero-order valence-corrected chi connectivity index (χ0v) is 21.1. The minimum Gasteiger partial charge on any atom is -0.466 e. The van der Waals surface area contributed by atoms with Crippen LogP contribution in [0.4, 0.5) is 11.4 Å². The first-order valence-electron chi connectivity index (χ1n) is 11.8. The molecule has 1 heterocycles. The van der Waals surface area contributed by atoms with Gasteiger partial charge in [-0.1, -0.05) is 30.3 Å². The van der Waals surface area contributed by atoms with Crippen LogP contribution in [0.2, 0.25) is 0 Å². The Morgan fingerprint density at radius 3 is 2.49 bits per heavy atom. The molecule has 0 radical (unpaired) electrons. The number of nitrogens with one attached hydrogen (secondary N) is 3. The monoisotopic (exact) mass is 541 g/mol. The second-order valence-corrected chi connectivity index (χ2v) is 8.87. The first-order chi connectivity index (χ1) is 18.4. The summed E-state index contributed by atoms with van der Waals surface area (Å²) in [6, 6.07) is 9.96. The molecule has 0 aliphatic carbocycles. The maximum Gasteiger partial charge on any atom is 0.306 e. The molecule has 0 saturated heterocycles. The number of benzene rings is 2. The van der Waals surface area contributed by atoms with Crippen molar-refractivity contribution in [3.63, 3.8) is 0 Å². The van der Waals surface area contributed by atoms with Crippen LogP contribution < -0.4 is 26.4 Å². The van der Waals surface area contributed by atoms with Crippen LogP contribution in [0.1, 0.15) is 32.3 Å². The van der Waals surface area contributed by atoms with Crippen LogP contribution in [0.3, 0.4) is 0 Å². The number of carbonyl (C=O) groups excluding carboxylic acids is 5. The van der Waals surface area contributed by atoms with E-state index in [2.05, 4.69) is 16.0 Å². The molecule has 0 saturated carbocycles. The summed E-state index contributed by atoms with van der Waals surface area (Å²) < 4.78 is 10.7. The molecule has 2 aromatic rings. The lowest BCUT2D eigenvalue weighted by Crippen LogP contribution is -2.62. The van der Waals surface area contributed by atoms with E-state index in [1.54, 1.807) is 24.3 Å². The van der Waals surface area contributed by atoms with E-state index < -0.39 is 52.2 Å². The predicted octanol–water partition coefficient (Wildman–Crippen LogP) is 0.683. The second kappa shape index (κ2) is 12.0. The van der Waals surface area contributed by atoms with Crippen molar-refractivity contribution in [1.82, 2.24) is 10.6 Å². The summed E-state index contributed by atoms with van der Waals surface area (Å²) >= 11 is 0. The van der Waals surface area contributed by atoms with Gasteiger partial charge in [-0.2, -0.15) is 0 Å². The molecule has 3 atom stereocenters. The second-order valence-electron chi connectivity index (χ2n) is 8.87. The topological polar surface area (TPSA) is 209 Å². The van der Waals surface area contributed by atoms with Gasteiger partial charge >= 0.3 is 5.97 Å². The number of esters is 1. The highest BCUT2D eigenvalue weighted by Crippen LogP contribution is 2.36. The van der Waals surface area contributed by atoms with Crippen molar-refractivity contribution in [2.24, 2.45) is 5.73 Å². The molecule has 5 N–H and O–H groups in total. The van der Waals surface area contributed by atoms with Crippen molar-refractivity contribution < 1.29 is 38.4 Å². The summed E-state index contributed by atoms with van der Waals surface area (Å²) in [6.07, 6.45) is -0.341. The van der Waals surface area contributed by atoms with Crippen LogP contribution in [0.15, 0.2) is 48.5 Å². The third kappa shape index (κ3) is 7.06. The van der Waals surface area contributed by atoms with Crippen molar-refractivity contribution in [2.45, 2.75) is 51.0 Å². The Labute approximate surface area is 222 Å². The number of anilines is 1. The highest BCUT2D eigenvalue weighted by atomic mass is 16.6. The Morgan fingerprint density at radius 2 is 1.85 bits per heavy atom. The van der Waals surface area contributed by atoms with Gasteiger partial charge in [0, 0.05) is 18.6 Å². The number of nitrogens with zero attached hydrogens (tertiary/aromatic N) is 1. The van der Waals surface area contributed by atoms with Crippen LogP contribution in [-0.4, -0.2) is 52.2 Å². The molecule has 1 aliphatic heterocycles. The Bertz CT molecular complexity index is 1300. The van der Waals surface area contributed by atoms with E-state index in [4.69, 9.17) is 15.2 Å². The number of amides is 4. The van der Waals surface area contributed by atoms with Gasteiger partial charge in [0.15, 0.2) is 0 Å². The van der Waals surface area contributed by atoms with Crippen molar-refractivity contribution in [3.05, 3.63) is 64.2 Å². The first-order valence-corrected chi connectivity index (χ1v) is 11.8. The number of nitro groups is 1. The number of non-ortho nitro benzene ring substituents is 1. The number of hydrogen-bond acceptors (Lipinski definition) is 9. The molecule has 2 aromatic carbocycles. The van der Waals surface area contributed by atoms with E-state index in [-0.39, 0.29) is 36.6 Å². The molecule has 0 fully saturated rings. The Hall–Kier alpha value is -5.01. The van der Waals surface area contributed by atoms with E-state index in [1.807, 2.05) is 6.07 Å². The molecule has 0 spiro atoms. The Morgan fingerprint density at radius 1 is 1.15 bits per heavy atom. The first kappa shape index (κ1) is 28.6. The lowest BCUT2D eigenvalue weighted by atomic mass is 10.0. The molecule has 1 aliphatic rings. The van der Waals surface area contributed by atoms with Crippen molar-refractivity contribution in [1.29, 1.82) is 0 Å². The number of nitrogens with two attached hydrogens (primary N) is 1. The largest absolute Gasteiger partial charge is 0.466 e. The molecule has 0 bridgehead atoms. The predicted molar refractivity (Wildman–Crippen MR) is 135 cm³/mol. The number of carbonyl (C=O) groups is 5. The van der Waals surface area contributed by atoms with Gasteiger partial charge < -0.3 is 31.2 Å². The highest BCUT2D eigenvalue weighted by molar-refractivity contribution is 6.16. The maximum absolute atomic E-state index is 12.9. The summed E-state index contributed by atoms with van der Waals surface area (Å²) in [7, 11) is 0. The summed E-state index contributed by atoms with van der Waals surface area (Å²) in [5.74, 6) is -4.18. The summed E-state index contributed by atoms with van der Waals surface area (Å²) in [6.45, 7) is 2.52. The quantitative estimate of drug-likeness (QED) is 0.136. The molecule has 4 amide bonds. The number of ether oxygens (including phenoxy) is 2. The smallest absolute Gasteiger partial charge is 0.306 e. The van der Waals surface area contributed by atoms with E-state index in [1.165, 1.54) is 19.9 Å². The standard InChI is InChI=1S/C25H27N5O9/c1-14(22(33)28-17(21(26)32)9-11-20(31)38-13-15-6-4-3-5-7-15)27-23(34)25(2)24(35)29-18-12-16(30(36)37)8-10-19(18)39-25/h3-8,10,12,14,17H,9,11,13H2,1-2H3,(H2,26,32)(H,27,34)(H,28,33)(H,29,35)/t14-,17+,25?/m0/s1. The van der Waals surface area contributed by atoms with Gasteiger partial charge in [0.1, 0.15) is 24.4 Å². The van der Waals surface area contributed by atoms with Gasteiger partial charge in [-0.25, -0.2) is 0 Å². The van der Waals surface area contributed by atoms with Gasteiger partial charge in [0.05, 0.1) is 10.6 Å². The minimum absolute atomic E-state index is 0.0110. The van der Waals surface area contributed by atoms with Crippen molar-refractivity contribution >= 4 is 41.0 Å². The minimum atomic E-state index is -2.11. The molecular weight excluding hydrogens is 514 g/mol. The van der Waals surface area contributed by atoms with Crippen LogP contribution in [0.5, 0.6) is 5.75 Å². The summed E-state index contributed by atoms with van der Waals surface area (Å²) in [5, 5.41) is 18.1. The molecule has 14 nitrogen and oxygen atoms in total. The summed E-state index contributed by atoms with van der Waals surface area (Å²) in [4.78, 5) is 72.4. The number of rotatable bonds is 11. The Kier molecular flexibility index (Phi) is 8.80. The lowest BCUT2D eigenvalue weighted by molar-refractivity contribution is -0.384. The fourth-order valence-electron chi connectivity index (χ4n) is 3.53. The van der Waals surface area contributed by atoms with E-state index >= 15 is 0 Å². The van der Waals surface area contributed by atoms with E-state index in [0.29, 0.717) is 0 Å². The molecule has 3 rings (SSSR count). The normalized spacial score (nSPS) is 17.3. The fourth-order valence-corrected chi connectivity index (χ4v) is 3.53. The molecular formula is C25H27N5O9. The van der Waals surface area contributed by atoms with E-state index in [9.17, 15) is 34.1 Å². The van der Waals surface area contributed by atoms with Crippen molar-refractivity contribution in [3.8, 4) is 5.75 Å². The lowest BCUT2D eigenvalue weighted by Gasteiger charge is -2.33. The SMILES string of the molecule is C[C@H](NC(=O)C1(C)Oc2ccc([N+](=O)[O-])cc2NC1=O)C(=O)N[C@H](CCC(=O)OCc1ccccc1)C(N)=O. The van der Waals surface area contributed by atoms with Gasteiger partial charge in [-0.05, 0) is 31.9 Å². The number of nitro benzene ring substituents is 1. The number of primary amides is 1. The average Bonchev–Trinajstić information content (AvgIpc) is 2.90. The van der Waals surface area contributed by atoms with Gasteiger partial charge in [-0.15, -0.1) is 0 Å². The molecule has 39 heavy (non-hydrogen) atoms. The van der Waals surface area contributed by atoms with Crippen molar-refractivity contribution in [2.75, 3.05) is 5.32 Å². The van der Waals surface area contributed by atoms with Gasteiger partial charge in [0.25, 0.3) is 23.1 Å². The molecule has 1 unspecified atom stereocenters. The molecule has 206 valence electrons. The summed E-state index contributed by atoms with van der Waals surface area (Å²) in [5.41, 5.74) is 3.76. The van der Waals surface area contributed by atoms with Gasteiger partial charge in [-0.3, -0.25) is 34.1 Å². The number of hydrogen-bond donors (Lipinski definition) is 4. The van der Waals surface area contributed by atoms with Crippen LogP contribution in [0.25, 0.3) is 0 Å². The highest BCUT2D eigenvalue weighted by Gasteiger charge is 2.48. The number of fused-ring (bicyclic) bond motifs is 1.